The van der Waals surface area contributed by atoms with Crippen LogP contribution in [0.15, 0.2) is 42.6 Å². The first-order chi connectivity index (χ1) is 11.8. The Labute approximate surface area is 141 Å². The zero-order chi connectivity index (χ0) is 16.4. The van der Waals surface area contributed by atoms with E-state index in [1.165, 1.54) is 5.56 Å². The van der Waals surface area contributed by atoms with Crippen LogP contribution in [0.3, 0.4) is 0 Å². The Kier molecular flexibility index (Phi) is 4.13. The molecule has 1 aromatic carbocycles. The second kappa shape index (κ2) is 6.57. The van der Waals surface area contributed by atoms with Gasteiger partial charge in [-0.05, 0) is 36.6 Å². The van der Waals surface area contributed by atoms with Crippen molar-refractivity contribution in [2.75, 3.05) is 36.4 Å². The van der Waals surface area contributed by atoms with Crippen LogP contribution in [0.2, 0.25) is 0 Å². The molecule has 1 amide bonds. The average Bonchev–Trinajstić information content (AvgIpc) is 2.81. The first-order valence-corrected chi connectivity index (χ1v) is 8.47. The maximum Gasteiger partial charge on any atom is 0.241 e. The summed E-state index contributed by atoms with van der Waals surface area (Å²) in [6.07, 6.45) is 3.49. The normalized spacial score (nSPS) is 21.8. The highest BCUT2D eigenvalue weighted by molar-refractivity contribution is 5.96. The number of hydrogen-bond acceptors (Lipinski definition) is 5. The van der Waals surface area contributed by atoms with Crippen LogP contribution in [0.4, 0.5) is 11.5 Å². The van der Waals surface area contributed by atoms with Gasteiger partial charge in [0.1, 0.15) is 0 Å². The molecule has 24 heavy (non-hydrogen) atoms. The highest BCUT2D eigenvalue weighted by atomic mass is 16.2. The van der Waals surface area contributed by atoms with Gasteiger partial charge in [0, 0.05) is 38.1 Å². The summed E-state index contributed by atoms with van der Waals surface area (Å²) in [7, 11) is 0. The van der Waals surface area contributed by atoms with Crippen LogP contribution in [0.1, 0.15) is 12.0 Å². The molecule has 0 spiro atoms. The van der Waals surface area contributed by atoms with Crippen molar-refractivity contribution >= 4 is 17.4 Å². The number of fused-ring (bicyclic) bond motifs is 1. The monoisotopic (exact) mass is 323 g/mol. The van der Waals surface area contributed by atoms with E-state index < -0.39 is 0 Å². The number of hydrogen-bond donors (Lipinski definition) is 1. The minimum Gasteiger partial charge on any atom is -0.353 e. The van der Waals surface area contributed by atoms with Crippen molar-refractivity contribution in [1.82, 2.24) is 15.1 Å². The van der Waals surface area contributed by atoms with Crippen molar-refractivity contribution in [3.8, 4) is 0 Å². The first kappa shape index (κ1) is 15.1. The number of benzene rings is 1. The number of rotatable bonds is 2. The van der Waals surface area contributed by atoms with E-state index in [2.05, 4.69) is 31.4 Å². The lowest BCUT2D eigenvalue weighted by Crippen LogP contribution is -2.53. The van der Waals surface area contributed by atoms with Gasteiger partial charge in [0.2, 0.25) is 5.91 Å². The third-order valence-electron chi connectivity index (χ3n) is 4.90. The SMILES string of the molecule is O=C1Nc2ccccc2CCC1N1CCN(c2cccnn2)CC1. The number of amides is 1. The molecular formula is C18H21N5O. The molecular weight excluding hydrogens is 302 g/mol. The smallest absolute Gasteiger partial charge is 0.241 e. The summed E-state index contributed by atoms with van der Waals surface area (Å²) < 4.78 is 0. The van der Waals surface area contributed by atoms with Crippen LogP contribution in [0.5, 0.6) is 0 Å². The largest absolute Gasteiger partial charge is 0.353 e. The quantitative estimate of drug-likeness (QED) is 0.909. The van der Waals surface area contributed by atoms with Gasteiger partial charge in [0.15, 0.2) is 5.82 Å². The molecule has 124 valence electrons. The highest BCUT2D eigenvalue weighted by Crippen LogP contribution is 2.24. The molecule has 2 aliphatic heterocycles. The van der Waals surface area contributed by atoms with Crippen molar-refractivity contribution in [2.24, 2.45) is 0 Å². The molecule has 1 aromatic heterocycles. The van der Waals surface area contributed by atoms with Crippen molar-refractivity contribution < 1.29 is 4.79 Å². The lowest BCUT2D eigenvalue weighted by Gasteiger charge is -2.38. The number of carbonyl (C=O) groups excluding carboxylic acids is 1. The number of para-hydroxylation sites is 1. The molecule has 1 N–H and O–H groups in total. The fourth-order valence-electron chi connectivity index (χ4n) is 3.57. The second-order valence-corrected chi connectivity index (χ2v) is 6.31. The average molecular weight is 323 g/mol. The van der Waals surface area contributed by atoms with E-state index in [1.807, 2.05) is 30.3 Å². The molecule has 1 atom stereocenters. The van der Waals surface area contributed by atoms with Gasteiger partial charge in [-0.1, -0.05) is 18.2 Å². The van der Waals surface area contributed by atoms with E-state index in [0.717, 1.165) is 50.5 Å². The number of carbonyl (C=O) groups is 1. The Morgan fingerprint density at radius 1 is 1.04 bits per heavy atom. The van der Waals surface area contributed by atoms with Gasteiger partial charge in [-0.15, -0.1) is 5.10 Å². The summed E-state index contributed by atoms with van der Waals surface area (Å²) in [5, 5.41) is 11.2. The highest BCUT2D eigenvalue weighted by Gasteiger charge is 2.31. The first-order valence-electron chi connectivity index (χ1n) is 8.47. The van der Waals surface area contributed by atoms with Gasteiger partial charge in [0.05, 0.1) is 6.04 Å². The summed E-state index contributed by atoms with van der Waals surface area (Å²) in [5.74, 6) is 1.03. The van der Waals surface area contributed by atoms with Crippen LogP contribution < -0.4 is 10.2 Å². The lowest BCUT2D eigenvalue weighted by molar-refractivity contribution is -0.121. The Bertz CT molecular complexity index is 712. The molecule has 2 aromatic rings. The number of nitrogens with one attached hydrogen (secondary N) is 1. The topological polar surface area (TPSA) is 61.4 Å². The van der Waals surface area contributed by atoms with Crippen molar-refractivity contribution in [3.63, 3.8) is 0 Å². The van der Waals surface area contributed by atoms with E-state index in [-0.39, 0.29) is 11.9 Å². The zero-order valence-electron chi connectivity index (χ0n) is 13.6. The van der Waals surface area contributed by atoms with Crippen molar-refractivity contribution in [3.05, 3.63) is 48.2 Å². The van der Waals surface area contributed by atoms with E-state index in [0.29, 0.717) is 0 Å². The zero-order valence-corrected chi connectivity index (χ0v) is 13.6. The predicted octanol–water partition coefficient (Wildman–Crippen LogP) is 1.55. The molecule has 2 aliphatic rings. The molecule has 6 heteroatoms. The van der Waals surface area contributed by atoms with E-state index >= 15 is 0 Å². The van der Waals surface area contributed by atoms with Gasteiger partial charge < -0.3 is 10.2 Å². The molecule has 1 saturated heterocycles. The molecule has 6 nitrogen and oxygen atoms in total. The standard InChI is InChI=1S/C18H21N5O/c24-18-16(8-7-14-4-1-2-5-15(14)20-18)22-10-12-23(13-11-22)17-6-3-9-19-21-17/h1-6,9,16H,7-8,10-13H2,(H,20,24). The third-order valence-corrected chi connectivity index (χ3v) is 4.90. The lowest BCUT2D eigenvalue weighted by atomic mass is 10.0. The number of aromatic nitrogens is 2. The maximum absolute atomic E-state index is 12.6. The maximum atomic E-state index is 12.6. The van der Waals surface area contributed by atoms with Crippen LogP contribution in [-0.2, 0) is 11.2 Å². The Morgan fingerprint density at radius 2 is 1.88 bits per heavy atom. The van der Waals surface area contributed by atoms with Gasteiger partial charge >= 0.3 is 0 Å². The van der Waals surface area contributed by atoms with Gasteiger partial charge in [0.25, 0.3) is 0 Å². The fourth-order valence-corrected chi connectivity index (χ4v) is 3.57. The van der Waals surface area contributed by atoms with Crippen molar-refractivity contribution in [1.29, 1.82) is 0 Å². The summed E-state index contributed by atoms with van der Waals surface area (Å²) >= 11 is 0. The molecule has 1 unspecified atom stereocenters. The number of anilines is 2. The molecule has 0 bridgehead atoms. The molecule has 0 aliphatic carbocycles. The number of nitrogens with zero attached hydrogens (tertiary/aromatic N) is 4. The minimum atomic E-state index is -0.0543. The van der Waals surface area contributed by atoms with E-state index in [1.54, 1.807) is 6.20 Å². The van der Waals surface area contributed by atoms with Crippen LogP contribution >= 0.6 is 0 Å². The van der Waals surface area contributed by atoms with Crippen LogP contribution in [0, 0.1) is 0 Å². The van der Waals surface area contributed by atoms with Gasteiger partial charge in [-0.25, -0.2) is 0 Å². The Morgan fingerprint density at radius 3 is 2.67 bits per heavy atom. The van der Waals surface area contributed by atoms with Gasteiger partial charge in [-0.3, -0.25) is 9.69 Å². The molecule has 3 heterocycles. The summed E-state index contributed by atoms with van der Waals surface area (Å²) in [5.41, 5.74) is 2.19. The van der Waals surface area contributed by atoms with E-state index in [4.69, 9.17) is 0 Å². The summed E-state index contributed by atoms with van der Waals surface area (Å²) in [6.45, 7) is 3.47. The van der Waals surface area contributed by atoms with Crippen LogP contribution in [-0.4, -0.2) is 53.2 Å². The summed E-state index contributed by atoms with van der Waals surface area (Å²) in [6, 6.07) is 11.9. The molecule has 0 saturated carbocycles. The van der Waals surface area contributed by atoms with Crippen LogP contribution in [0.25, 0.3) is 0 Å². The Balaban J connectivity index is 1.42. The molecule has 1 fully saturated rings. The number of aryl methyl sites for hydroxylation is 1. The van der Waals surface area contributed by atoms with Crippen molar-refractivity contribution in [2.45, 2.75) is 18.9 Å². The number of piperazine rings is 1. The fraction of sp³-hybridized carbons (Fsp3) is 0.389. The summed E-state index contributed by atoms with van der Waals surface area (Å²) in [4.78, 5) is 17.2. The molecule has 0 radical (unpaired) electrons. The molecule has 4 rings (SSSR count). The predicted molar refractivity (Wildman–Crippen MR) is 93.0 cm³/mol. The minimum absolute atomic E-state index is 0.0543. The second-order valence-electron chi connectivity index (χ2n) is 6.31. The van der Waals surface area contributed by atoms with E-state index in [9.17, 15) is 4.79 Å². The third kappa shape index (κ3) is 2.97. The Hall–Kier alpha value is -2.47. The van der Waals surface area contributed by atoms with Gasteiger partial charge in [-0.2, -0.15) is 5.10 Å².